The Kier molecular flexibility index (Phi) is 9.60. The number of alkyl carbamates (subject to hydrolysis) is 1. The Morgan fingerprint density at radius 2 is 1.80 bits per heavy atom. The largest absolute Gasteiger partial charge is 0.444 e. The first kappa shape index (κ1) is 32.9. The van der Waals surface area contributed by atoms with Crippen LogP contribution in [-0.2, 0) is 29.3 Å². The van der Waals surface area contributed by atoms with Gasteiger partial charge in [0.1, 0.15) is 23.2 Å². The Labute approximate surface area is 265 Å². The van der Waals surface area contributed by atoms with Crippen LogP contribution >= 0.6 is 0 Å². The number of hydrogen-bond donors (Lipinski definition) is 4. The summed E-state index contributed by atoms with van der Waals surface area (Å²) in [6, 6.07) is 7.53. The zero-order valence-electron chi connectivity index (χ0n) is 26.2. The number of fused-ring (bicyclic) bond motifs is 2. The van der Waals surface area contributed by atoms with Crippen LogP contribution in [0.25, 0.3) is 0 Å². The fourth-order valence-electron chi connectivity index (χ4n) is 6.38. The third-order valence-corrected chi connectivity index (χ3v) is 9.94. The highest BCUT2D eigenvalue weighted by molar-refractivity contribution is 7.88. The Hall–Kier alpha value is -3.45. The standard InChI is InChI=1S/C32H45N5O7S/c1-31(2,3)44-30(41)33-24-16-11-6-4-5-10-15-22-20-32(22,34-27(38)26-17-12-18-37(26)28(24)39)29(40)36-45(42,43)35-25-19-23(25)21-13-8-7-9-14-21/h7-10,13-15,22-26,35H,4-6,11-12,16-20H2,1-3H3,(H,33,41)(H,34,38)(H,36,40)/b15-10-/t22-,23+,24+,25-,26+,32-/m1/s1. The average Bonchev–Trinajstić information content (AvgIpc) is 3.81. The number of amides is 4. The predicted octanol–water partition coefficient (Wildman–Crippen LogP) is 2.77. The summed E-state index contributed by atoms with van der Waals surface area (Å²) in [6.07, 6.45) is 8.42. The van der Waals surface area contributed by atoms with Crippen molar-refractivity contribution >= 4 is 34.0 Å². The molecule has 0 unspecified atom stereocenters. The van der Waals surface area contributed by atoms with E-state index in [1.54, 1.807) is 20.8 Å². The monoisotopic (exact) mass is 643 g/mol. The van der Waals surface area contributed by atoms with Gasteiger partial charge >= 0.3 is 16.3 Å². The minimum absolute atomic E-state index is 0.0327. The molecule has 13 heteroatoms. The van der Waals surface area contributed by atoms with Crippen LogP contribution in [0.3, 0.4) is 0 Å². The van der Waals surface area contributed by atoms with Gasteiger partial charge in [0.15, 0.2) is 0 Å². The quantitative estimate of drug-likeness (QED) is 0.347. The van der Waals surface area contributed by atoms with Crippen LogP contribution in [0, 0.1) is 5.92 Å². The molecular formula is C32H45N5O7S. The fraction of sp³-hybridized carbons (Fsp3) is 0.625. The summed E-state index contributed by atoms with van der Waals surface area (Å²) in [4.78, 5) is 55.1. The van der Waals surface area contributed by atoms with E-state index in [9.17, 15) is 27.6 Å². The molecule has 6 atom stereocenters. The fourth-order valence-corrected chi connectivity index (χ4v) is 7.52. The highest BCUT2D eigenvalue weighted by Crippen LogP contribution is 2.46. The molecule has 1 aromatic carbocycles. The number of allylic oxidation sites excluding steroid dienone is 1. The van der Waals surface area contributed by atoms with Gasteiger partial charge in [-0.25, -0.2) is 9.52 Å². The van der Waals surface area contributed by atoms with Gasteiger partial charge in [0.2, 0.25) is 11.8 Å². The number of rotatable bonds is 6. The number of carbonyl (C=O) groups is 4. The zero-order valence-corrected chi connectivity index (χ0v) is 27.0. The van der Waals surface area contributed by atoms with Crippen LogP contribution in [0.1, 0.15) is 90.0 Å². The molecule has 45 heavy (non-hydrogen) atoms. The minimum Gasteiger partial charge on any atom is -0.444 e. The molecule has 5 rings (SSSR count). The van der Waals surface area contributed by atoms with Crippen LogP contribution < -0.4 is 20.1 Å². The summed E-state index contributed by atoms with van der Waals surface area (Å²) in [5, 5.41) is 5.55. The molecule has 2 heterocycles. The third-order valence-electron chi connectivity index (χ3n) is 8.88. The summed E-state index contributed by atoms with van der Waals surface area (Å²) in [5.41, 5.74) is -1.16. The Balaban J connectivity index is 1.29. The molecule has 1 saturated heterocycles. The van der Waals surface area contributed by atoms with Crippen molar-refractivity contribution < 1.29 is 32.3 Å². The van der Waals surface area contributed by atoms with E-state index >= 15 is 0 Å². The predicted molar refractivity (Wildman–Crippen MR) is 167 cm³/mol. The summed E-state index contributed by atoms with van der Waals surface area (Å²) in [5.74, 6) is -2.05. The smallest absolute Gasteiger partial charge is 0.408 e. The molecule has 4 aliphatic rings. The van der Waals surface area contributed by atoms with Crippen LogP contribution in [0.5, 0.6) is 0 Å². The Morgan fingerprint density at radius 3 is 2.53 bits per heavy atom. The SMILES string of the molecule is CC(C)(C)OC(=O)N[C@H]1CCCCC/C=C\[C@@H]2C[C@@]2(C(=O)NS(=O)(=O)N[C@@H]2C[C@H]2c2ccccc2)NC(=O)[C@@H]2CCCN2C1=O. The maximum atomic E-state index is 13.7. The lowest BCUT2D eigenvalue weighted by molar-refractivity contribution is -0.141. The second-order valence-electron chi connectivity index (χ2n) is 13.6. The van der Waals surface area contributed by atoms with Gasteiger partial charge < -0.3 is 20.3 Å². The lowest BCUT2D eigenvalue weighted by Gasteiger charge is -2.30. The van der Waals surface area contributed by atoms with Crippen molar-refractivity contribution in [3.05, 3.63) is 48.0 Å². The molecule has 0 bridgehead atoms. The van der Waals surface area contributed by atoms with E-state index in [-0.39, 0.29) is 30.2 Å². The van der Waals surface area contributed by atoms with Crippen molar-refractivity contribution in [2.45, 2.75) is 114 Å². The molecule has 2 aliphatic heterocycles. The molecule has 246 valence electrons. The van der Waals surface area contributed by atoms with E-state index in [1.165, 1.54) is 4.90 Å². The van der Waals surface area contributed by atoms with Crippen molar-refractivity contribution in [3.8, 4) is 0 Å². The Morgan fingerprint density at radius 1 is 1.04 bits per heavy atom. The topological polar surface area (TPSA) is 163 Å². The van der Waals surface area contributed by atoms with E-state index < -0.39 is 51.3 Å². The highest BCUT2D eigenvalue weighted by atomic mass is 32.2. The van der Waals surface area contributed by atoms with Crippen LogP contribution in [-0.4, -0.2) is 72.9 Å². The van der Waals surface area contributed by atoms with Crippen molar-refractivity contribution in [2.75, 3.05) is 6.54 Å². The highest BCUT2D eigenvalue weighted by Gasteiger charge is 2.61. The molecule has 0 radical (unpaired) electrons. The third kappa shape index (κ3) is 8.23. The van der Waals surface area contributed by atoms with Gasteiger partial charge in [0.05, 0.1) is 0 Å². The summed E-state index contributed by atoms with van der Waals surface area (Å²) >= 11 is 0. The maximum Gasteiger partial charge on any atom is 0.408 e. The van der Waals surface area contributed by atoms with Gasteiger partial charge in [0, 0.05) is 24.4 Å². The van der Waals surface area contributed by atoms with Gasteiger partial charge in [0.25, 0.3) is 5.91 Å². The maximum absolute atomic E-state index is 13.7. The molecule has 3 fully saturated rings. The second-order valence-corrected chi connectivity index (χ2v) is 15.1. The number of hydrogen-bond acceptors (Lipinski definition) is 7. The van der Waals surface area contributed by atoms with Gasteiger partial charge in [-0.1, -0.05) is 55.3 Å². The number of benzene rings is 1. The zero-order chi connectivity index (χ0) is 32.4. The van der Waals surface area contributed by atoms with E-state index in [0.29, 0.717) is 38.6 Å². The number of nitrogens with one attached hydrogen (secondary N) is 4. The minimum atomic E-state index is -4.20. The van der Waals surface area contributed by atoms with Gasteiger partial charge in [-0.2, -0.15) is 13.1 Å². The molecule has 2 aliphatic carbocycles. The van der Waals surface area contributed by atoms with Gasteiger partial charge in [-0.3, -0.25) is 14.4 Å². The lowest BCUT2D eigenvalue weighted by atomic mass is 10.0. The van der Waals surface area contributed by atoms with E-state index in [1.807, 2.05) is 42.5 Å². The van der Waals surface area contributed by atoms with E-state index in [4.69, 9.17) is 4.74 Å². The van der Waals surface area contributed by atoms with Crippen molar-refractivity contribution in [1.82, 2.24) is 25.0 Å². The summed E-state index contributed by atoms with van der Waals surface area (Å²) < 4.78 is 36.2. The first-order valence-electron chi connectivity index (χ1n) is 16.0. The van der Waals surface area contributed by atoms with E-state index in [2.05, 4.69) is 20.1 Å². The molecule has 4 amide bonds. The van der Waals surface area contributed by atoms with Crippen molar-refractivity contribution in [1.29, 1.82) is 0 Å². The molecule has 4 N–H and O–H groups in total. The molecule has 12 nitrogen and oxygen atoms in total. The summed E-state index contributed by atoms with van der Waals surface area (Å²) in [7, 11) is -4.20. The lowest BCUT2D eigenvalue weighted by Crippen LogP contribution is -2.59. The molecular weight excluding hydrogens is 598 g/mol. The summed E-state index contributed by atoms with van der Waals surface area (Å²) in [6.45, 7) is 5.55. The number of ether oxygens (including phenoxy) is 1. The average molecular weight is 644 g/mol. The Bertz CT molecular complexity index is 1430. The van der Waals surface area contributed by atoms with Crippen LogP contribution in [0.4, 0.5) is 4.79 Å². The first-order valence-corrected chi connectivity index (χ1v) is 17.4. The second kappa shape index (κ2) is 13.1. The molecule has 1 aromatic rings. The number of carbonyl (C=O) groups excluding carboxylic acids is 4. The van der Waals surface area contributed by atoms with Gasteiger partial charge in [-0.15, -0.1) is 0 Å². The molecule has 0 aromatic heterocycles. The van der Waals surface area contributed by atoms with Crippen LogP contribution in [0.2, 0.25) is 0 Å². The van der Waals surface area contributed by atoms with Crippen molar-refractivity contribution in [2.24, 2.45) is 5.92 Å². The van der Waals surface area contributed by atoms with E-state index in [0.717, 1.165) is 24.8 Å². The van der Waals surface area contributed by atoms with Crippen LogP contribution in [0.15, 0.2) is 42.5 Å². The number of nitrogens with zero attached hydrogens (tertiary/aromatic N) is 1. The molecule has 0 spiro atoms. The van der Waals surface area contributed by atoms with Gasteiger partial charge in [-0.05, 0) is 71.3 Å². The first-order chi connectivity index (χ1) is 21.3. The molecule has 2 saturated carbocycles. The normalized spacial score (nSPS) is 31.3. The van der Waals surface area contributed by atoms with Crippen molar-refractivity contribution in [3.63, 3.8) is 0 Å².